The Hall–Kier alpha value is -1.68. The largest absolute Gasteiger partial charge is 0.343 e. The van der Waals surface area contributed by atoms with Gasteiger partial charge in [-0.1, -0.05) is 31.2 Å². The van der Waals surface area contributed by atoms with Gasteiger partial charge in [0.1, 0.15) is 0 Å². The number of Topliss-reactive ketones (excluding diaryl/α,β-unsaturated/α-hetero) is 1. The molecule has 4 heteroatoms. The summed E-state index contributed by atoms with van der Waals surface area (Å²) in [4.78, 5) is 26.6. The van der Waals surface area contributed by atoms with Crippen LogP contribution in [0.1, 0.15) is 22.8 Å². The first-order valence-electron chi connectivity index (χ1n) is 6.76. The number of carbonyl (C=O) groups excluding carboxylic acids is 2. The van der Waals surface area contributed by atoms with Crippen LogP contribution in [0.2, 0.25) is 0 Å². The quantitative estimate of drug-likeness (QED) is 0.590. The maximum Gasteiger partial charge on any atom is 0.209 e. The van der Waals surface area contributed by atoms with Crippen molar-refractivity contribution >= 4 is 12.2 Å². The van der Waals surface area contributed by atoms with E-state index in [0.29, 0.717) is 19.6 Å². The van der Waals surface area contributed by atoms with Crippen LogP contribution in [0.25, 0.3) is 0 Å². The molecule has 2 rings (SSSR count). The topological polar surface area (TPSA) is 40.6 Å². The van der Waals surface area contributed by atoms with Crippen molar-refractivity contribution in [3.63, 3.8) is 0 Å². The maximum atomic E-state index is 12.1. The van der Waals surface area contributed by atoms with E-state index < -0.39 is 0 Å². The number of aryl methyl sites for hydroxylation is 1. The molecule has 0 radical (unpaired) electrons. The van der Waals surface area contributed by atoms with Crippen molar-refractivity contribution in [3.05, 3.63) is 35.4 Å². The summed E-state index contributed by atoms with van der Waals surface area (Å²) in [6.45, 7) is 5.52. The molecular formula is C15H20N2O2. The number of nitrogens with zero attached hydrogens (tertiary/aromatic N) is 2. The van der Waals surface area contributed by atoms with Crippen molar-refractivity contribution in [1.82, 2.24) is 9.80 Å². The van der Waals surface area contributed by atoms with Crippen molar-refractivity contribution in [2.75, 3.05) is 32.7 Å². The lowest BCUT2D eigenvalue weighted by atomic mass is 10.1. The molecule has 0 atom stereocenters. The monoisotopic (exact) mass is 260 g/mol. The Kier molecular flexibility index (Phi) is 4.68. The smallest absolute Gasteiger partial charge is 0.209 e. The van der Waals surface area contributed by atoms with E-state index in [-0.39, 0.29) is 5.78 Å². The summed E-state index contributed by atoms with van der Waals surface area (Å²) in [7, 11) is 0. The minimum atomic E-state index is 0.155. The molecule has 1 heterocycles. The highest BCUT2D eigenvalue weighted by atomic mass is 16.1. The normalized spacial score (nSPS) is 16.4. The first kappa shape index (κ1) is 13.7. The Morgan fingerprint density at radius 1 is 1.16 bits per heavy atom. The van der Waals surface area contributed by atoms with Crippen molar-refractivity contribution in [3.8, 4) is 0 Å². The van der Waals surface area contributed by atoms with Crippen molar-refractivity contribution < 1.29 is 9.59 Å². The summed E-state index contributed by atoms with van der Waals surface area (Å²) < 4.78 is 0. The number of amides is 1. The molecule has 1 aromatic carbocycles. The van der Waals surface area contributed by atoms with Crippen molar-refractivity contribution in [2.45, 2.75) is 13.3 Å². The van der Waals surface area contributed by atoms with Gasteiger partial charge in [0.2, 0.25) is 6.41 Å². The van der Waals surface area contributed by atoms with Gasteiger partial charge in [0.15, 0.2) is 5.78 Å². The van der Waals surface area contributed by atoms with Crippen LogP contribution in [-0.2, 0) is 11.2 Å². The molecule has 4 nitrogen and oxygen atoms in total. The van der Waals surface area contributed by atoms with Gasteiger partial charge < -0.3 is 4.90 Å². The van der Waals surface area contributed by atoms with Crippen molar-refractivity contribution in [2.24, 2.45) is 0 Å². The summed E-state index contributed by atoms with van der Waals surface area (Å²) in [5.74, 6) is 0.155. The average Bonchev–Trinajstić information content (AvgIpc) is 2.48. The lowest BCUT2D eigenvalue weighted by molar-refractivity contribution is -0.119. The van der Waals surface area contributed by atoms with E-state index >= 15 is 0 Å². The Morgan fingerprint density at radius 3 is 2.32 bits per heavy atom. The lowest BCUT2D eigenvalue weighted by Gasteiger charge is -2.31. The molecule has 1 aromatic rings. The first-order chi connectivity index (χ1) is 9.22. The van der Waals surface area contributed by atoms with Crippen LogP contribution in [-0.4, -0.2) is 54.7 Å². The van der Waals surface area contributed by atoms with Crippen LogP contribution in [0.3, 0.4) is 0 Å². The highest BCUT2D eigenvalue weighted by Gasteiger charge is 2.18. The summed E-state index contributed by atoms with van der Waals surface area (Å²) >= 11 is 0. The van der Waals surface area contributed by atoms with Crippen LogP contribution in [0.4, 0.5) is 0 Å². The molecule has 1 saturated heterocycles. The zero-order chi connectivity index (χ0) is 13.7. The Morgan fingerprint density at radius 2 is 1.79 bits per heavy atom. The van der Waals surface area contributed by atoms with Gasteiger partial charge in [-0.05, 0) is 12.0 Å². The lowest BCUT2D eigenvalue weighted by Crippen LogP contribution is -2.47. The molecule has 102 valence electrons. The Bertz CT molecular complexity index is 434. The van der Waals surface area contributed by atoms with E-state index in [0.717, 1.165) is 31.5 Å². The third-order valence-electron chi connectivity index (χ3n) is 3.61. The first-order valence-corrected chi connectivity index (χ1v) is 6.76. The Labute approximate surface area is 114 Å². The zero-order valence-corrected chi connectivity index (χ0v) is 11.3. The highest BCUT2D eigenvalue weighted by molar-refractivity contribution is 5.97. The minimum absolute atomic E-state index is 0.155. The number of hydrogen-bond donors (Lipinski definition) is 0. The molecule has 0 aromatic heterocycles. The van der Waals surface area contributed by atoms with Gasteiger partial charge in [-0.2, -0.15) is 0 Å². The molecule has 1 aliphatic rings. The average molecular weight is 260 g/mol. The molecule has 0 spiro atoms. The molecule has 19 heavy (non-hydrogen) atoms. The van der Waals surface area contributed by atoms with Crippen LogP contribution in [0.5, 0.6) is 0 Å². The standard InChI is InChI=1S/C15H20N2O2/c1-2-13-3-5-14(6-4-13)15(19)11-16-7-9-17(12-18)10-8-16/h3-6,12H,2,7-11H2,1H3. The molecule has 1 amide bonds. The van der Waals surface area contributed by atoms with E-state index in [1.807, 2.05) is 24.3 Å². The summed E-state index contributed by atoms with van der Waals surface area (Å²) in [6.07, 6.45) is 1.87. The van der Waals surface area contributed by atoms with Crippen LogP contribution in [0.15, 0.2) is 24.3 Å². The predicted octanol–water partition coefficient (Wildman–Crippen LogP) is 1.21. The predicted molar refractivity (Wildman–Crippen MR) is 74.2 cm³/mol. The summed E-state index contributed by atoms with van der Waals surface area (Å²) in [5, 5.41) is 0. The van der Waals surface area contributed by atoms with Gasteiger partial charge >= 0.3 is 0 Å². The Balaban J connectivity index is 1.88. The van der Waals surface area contributed by atoms with Crippen LogP contribution >= 0.6 is 0 Å². The van der Waals surface area contributed by atoms with E-state index in [2.05, 4.69) is 11.8 Å². The van der Waals surface area contributed by atoms with E-state index in [1.165, 1.54) is 5.56 Å². The van der Waals surface area contributed by atoms with Crippen LogP contribution in [0, 0.1) is 0 Å². The van der Waals surface area contributed by atoms with Gasteiger partial charge in [0, 0.05) is 31.7 Å². The van der Waals surface area contributed by atoms with Gasteiger partial charge in [0.25, 0.3) is 0 Å². The number of hydrogen-bond acceptors (Lipinski definition) is 3. The fourth-order valence-corrected chi connectivity index (χ4v) is 2.25. The zero-order valence-electron chi connectivity index (χ0n) is 11.3. The SMILES string of the molecule is CCc1ccc(C(=O)CN2CCN(C=O)CC2)cc1. The molecule has 0 saturated carbocycles. The van der Waals surface area contributed by atoms with E-state index in [4.69, 9.17) is 0 Å². The second kappa shape index (κ2) is 6.48. The fraction of sp³-hybridized carbons (Fsp3) is 0.467. The second-order valence-electron chi connectivity index (χ2n) is 4.89. The van der Waals surface area contributed by atoms with Gasteiger partial charge in [-0.15, -0.1) is 0 Å². The number of piperazine rings is 1. The second-order valence-corrected chi connectivity index (χ2v) is 4.89. The molecule has 0 unspecified atom stereocenters. The molecule has 1 fully saturated rings. The van der Waals surface area contributed by atoms with Crippen molar-refractivity contribution in [1.29, 1.82) is 0 Å². The summed E-state index contributed by atoms with van der Waals surface area (Å²) in [6, 6.07) is 7.83. The summed E-state index contributed by atoms with van der Waals surface area (Å²) in [5.41, 5.74) is 2.02. The molecule has 0 N–H and O–H groups in total. The van der Waals surface area contributed by atoms with Gasteiger partial charge in [0.05, 0.1) is 6.54 Å². The highest BCUT2D eigenvalue weighted by Crippen LogP contribution is 2.08. The maximum absolute atomic E-state index is 12.1. The number of ketones is 1. The van der Waals surface area contributed by atoms with Gasteiger partial charge in [-0.3, -0.25) is 14.5 Å². The van der Waals surface area contributed by atoms with Gasteiger partial charge in [-0.25, -0.2) is 0 Å². The molecular weight excluding hydrogens is 240 g/mol. The number of carbonyl (C=O) groups is 2. The third kappa shape index (κ3) is 3.64. The molecule has 0 aliphatic carbocycles. The fourth-order valence-electron chi connectivity index (χ4n) is 2.25. The third-order valence-corrected chi connectivity index (χ3v) is 3.61. The molecule has 1 aliphatic heterocycles. The molecule has 0 bridgehead atoms. The van der Waals surface area contributed by atoms with Crippen LogP contribution < -0.4 is 0 Å². The van der Waals surface area contributed by atoms with E-state index in [9.17, 15) is 9.59 Å². The van der Waals surface area contributed by atoms with E-state index in [1.54, 1.807) is 4.90 Å². The number of benzene rings is 1. The number of rotatable bonds is 5. The minimum Gasteiger partial charge on any atom is -0.343 e.